The summed E-state index contributed by atoms with van der Waals surface area (Å²) in [5.74, 6) is 0. The van der Waals surface area contributed by atoms with Gasteiger partial charge in [-0.25, -0.2) is 0 Å². The Bertz CT molecular complexity index is 370. The van der Waals surface area contributed by atoms with Gasteiger partial charge in [0.2, 0.25) is 0 Å². The van der Waals surface area contributed by atoms with Crippen molar-refractivity contribution in [2.45, 2.75) is 64.7 Å². The van der Waals surface area contributed by atoms with E-state index in [2.05, 4.69) is 18.9 Å². The number of aliphatic hydroxyl groups excluding tert-OH is 1. The monoisotopic (exact) mass is 252 g/mol. The fraction of sp³-hybridized carbons (Fsp3) is 0.786. The molecule has 2 unspecified atom stereocenters. The van der Waals surface area contributed by atoms with E-state index < -0.39 is 6.10 Å². The van der Waals surface area contributed by atoms with E-state index in [0.29, 0.717) is 6.10 Å². The van der Waals surface area contributed by atoms with Crippen LogP contribution in [0.5, 0.6) is 0 Å². The van der Waals surface area contributed by atoms with Crippen LogP contribution in [0.1, 0.15) is 57.0 Å². The summed E-state index contributed by atoms with van der Waals surface area (Å²) in [6, 6.07) is 2.03. The SMILES string of the molecule is CCc1cc(C(O)CCC2CCCO2)n(CC)n1. The molecule has 1 N–H and O–H groups in total. The summed E-state index contributed by atoms with van der Waals surface area (Å²) in [6.45, 7) is 5.84. The van der Waals surface area contributed by atoms with Crippen LogP contribution in [-0.4, -0.2) is 27.6 Å². The third-order valence-corrected chi connectivity index (χ3v) is 3.65. The number of ether oxygens (including phenoxy) is 1. The van der Waals surface area contributed by atoms with Gasteiger partial charge in [-0.1, -0.05) is 6.92 Å². The van der Waals surface area contributed by atoms with E-state index in [0.717, 1.165) is 56.6 Å². The van der Waals surface area contributed by atoms with Crippen LogP contribution in [0.15, 0.2) is 6.07 Å². The van der Waals surface area contributed by atoms with E-state index in [9.17, 15) is 5.11 Å². The summed E-state index contributed by atoms with van der Waals surface area (Å²) >= 11 is 0. The quantitative estimate of drug-likeness (QED) is 0.846. The first-order valence-electron chi connectivity index (χ1n) is 7.10. The lowest BCUT2D eigenvalue weighted by Gasteiger charge is -2.14. The van der Waals surface area contributed by atoms with Crippen molar-refractivity contribution in [1.29, 1.82) is 0 Å². The van der Waals surface area contributed by atoms with Gasteiger partial charge < -0.3 is 9.84 Å². The number of aryl methyl sites for hydroxylation is 2. The number of aromatic nitrogens is 2. The lowest BCUT2D eigenvalue weighted by molar-refractivity contribution is 0.0789. The molecule has 0 aliphatic carbocycles. The summed E-state index contributed by atoms with van der Waals surface area (Å²) in [4.78, 5) is 0. The van der Waals surface area contributed by atoms with Crippen molar-refractivity contribution in [3.63, 3.8) is 0 Å². The fourth-order valence-electron chi connectivity index (χ4n) is 2.54. The standard InChI is InChI=1S/C14H24N2O2/c1-3-11-10-13(16(4-2)15-11)14(17)8-7-12-6-5-9-18-12/h10,12,14,17H,3-9H2,1-2H3. The van der Waals surface area contributed by atoms with Crippen molar-refractivity contribution in [3.8, 4) is 0 Å². The Hall–Kier alpha value is -0.870. The van der Waals surface area contributed by atoms with Crippen molar-refractivity contribution < 1.29 is 9.84 Å². The summed E-state index contributed by atoms with van der Waals surface area (Å²) in [6.07, 6.45) is 4.86. The molecule has 0 aromatic carbocycles. The largest absolute Gasteiger partial charge is 0.387 e. The first-order valence-corrected chi connectivity index (χ1v) is 7.10. The molecule has 1 fully saturated rings. The van der Waals surface area contributed by atoms with Crippen LogP contribution in [-0.2, 0) is 17.7 Å². The van der Waals surface area contributed by atoms with E-state index in [-0.39, 0.29) is 0 Å². The van der Waals surface area contributed by atoms with E-state index in [1.807, 2.05) is 10.7 Å². The van der Waals surface area contributed by atoms with Crippen molar-refractivity contribution in [2.24, 2.45) is 0 Å². The molecule has 1 saturated heterocycles. The molecule has 2 rings (SSSR count). The first-order chi connectivity index (χ1) is 8.74. The molecule has 102 valence electrons. The van der Waals surface area contributed by atoms with Crippen molar-refractivity contribution >= 4 is 0 Å². The number of rotatable bonds is 6. The van der Waals surface area contributed by atoms with Crippen molar-refractivity contribution in [2.75, 3.05) is 6.61 Å². The molecule has 2 heterocycles. The maximum Gasteiger partial charge on any atom is 0.0957 e. The van der Waals surface area contributed by atoms with E-state index in [4.69, 9.17) is 4.74 Å². The summed E-state index contributed by atoms with van der Waals surface area (Å²) in [7, 11) is 0. The highest BCUT2D eigenvalue weighted by Crippen LogP contribution is 2.24. The van der Waals surface area contributed by atoms with Crippen LogP contribution >= 0.6 is 0 Å². The topological polar surface area (TPSA) is 47.3 Å². The maximum absolute atomic E-state index is 10.3. The van der Waals surface area contributed by atoms with E-state index in [1.165, 1.54) is 0 Å². The molecule has 0 spiro atoms. The smallest absolute Gasteiger partial charge is 0.0957 e. The molecule has 0 saturated carbocycles. The van der Waals surface area contributed by atoms with Gasteiger partial charge in [-0.05, 0) is 45.1 Å². The molecule has 4 heteroatoms. The molecule has 1 aliphatic heterocycles. The molecule has 1 aromatic heterocycles. The van der Waals surface area contributed by atoms with Crippen LogP contribution in [0.4, 0.5) is 0 Å². The minimum atomic E-state index is -0.415. The van der Waals surface area contributed by atoms with Crippen LogP contribution < -0.4 is 0 Å². The number of aliphatic hydroxyl groups is 1. The zero-order valence-corrected chi connectivity index (χ0v) is 11.4. The van der Waals surface area contributed by atoms with Gasteiger partial charge in [-0.15, -0.1) is 0 Å². The average molecular weight is 252 g/mol. The van der Waals surface area contributed by atoms with Gasteiger partial charge in [0.1, 0.15) is 0 Å². The van der Waals surface area contributed by atoms with Crippen molar-refractivity contribution in [3.05, 3.63) is 17.5 Å². The molecule has 2 atom stereocenters. The van der Waals surface area contributed by atoms with Crippen molar-refractivity contribution in [1.82, 2.24) is 9.78 Å². The lowest BCUT2D eigenvalue weighted by Crippen LogP contribution is -2.11. The highest BCUT2D eigenvalue weighted by atomic mass is 16.5. The molecule has 18 heavy (non-hydrogen) atoms. The second-order valence-corrected chi connectivity index (χ2v) is 4.96. The third kappa shape index (κ3) is 3.12. The maximum atomic E-state index is 10.3. The molecule has 0 amide bonds. The van der Waals surface area contributed by atoms with Crippen LogP contribution in [0.3, 0.4) is 0 Å². The van der Waals surface area contributed by atoms with Gasteiger partial charge in [0.15, 0.2) is 0 Å². The van der Waals surface area contributed by atoms with Gasteiger partial charge >= 0.3 is 0 Å². The van der Waals surface area contributed by atoms with Crippen LogP contribution in [0, 0.1) is 0 Å². The van der Waals surface area contributed by atoms with Gasteiger partial charge in [0.25, 0.3) is 0 Å². The predicted octanol–water partition coefficient (Wildman–Crippen LogP) is 2.46. The molecular formula is C14H24N2O2. The number of hydrogen-bond acceptors (Lipinski definition) is 3. The summed E-state index contributed by atoms with van der Waals surface area (Å²) < 4.78 is 7.50. The van der Waals surface area contributed by atoms with Gasteiger partial charge in [-0.3, -0.25) is 4.68 Å². The van der Waals surface area contributed by atoms with Gasteiger partial charge in [0.05, 0.1) is 23.6 Å². The Labute approximate surface area is 109 Å². The molecule has 0 radical (unpaired) electrons. The molecular weight excluding hydrogens is 228 g/mol. The Morgan fingerprint density at radius 3 is 3.00 bits per heavy atom. The molecule has 1 aromatic rings. The lowest BCUT2D eigenvalue weighted by atomic mass is 10.1. The Morgan fingerprint density at radius 1 is 1.56 bits per heavy atom. The third-order valence-electron chi connectivity index (χ3n) is 3.65. The highest BCUT2D eigenvalue weighted by molar-refractivity contribution is 5.13. The Balaban J connectivity index is 1.94. The fourth-order valence-corrected chi connectivity index (χ4v) is 2.54. The number of hydrogen-bond donors (Lipinski definition) is 1. The second kappa shape index (κ2) is 6.34. The summed E-state index contributed by atoms with van der Waals surface area (Å²) in [5.41, 5.74) is 2.01. The second-order valence-electron chi connectivity index (χ2n) is 4.96. The minimum absolute atomic E-state index is 0.350. The van der Waals surface area contributed by atoms with E-state index in [1.54, 1.807) is 0 Å². The molecule has 4 nitrogen and oxygen atoms in total. The zero-order valence-electron chi connectivity index (χ0n) is 11.4. The predicted molar refractivity (Wildman–Crippen MR) is 70.4 cm³/mol. The zero-order chi connectivity index (χ0) is 13.0. The normalized spacial score (nSPS) is 21.4. The van der Waals surface area contributed by atoms with Crippen LogP contribution in [0.2, 0.25) is 0 Å². The van der Waals surface area contributed by atoms with Gasteiger partial charge in [-0.2, -0.15) is 5.10 Å². The molecule has 0 bridgehead atoms. The average Bonchev–Trinajstić information content (AvgIpc) is 3.04. The highest BCUT2D eigenvalue weighted by Gasteiger charge is 2.20. The Morgan fingerprint density at radius 2 is 2.39 bits per heavy atom. The Kier molecular flexibility index (Phi) is 4.78. The molecule has 1 aliphatic rings. The minimum Gasteiger partial charge on any atom is -0.387 e. The number of nitrogens with zero attached hydrogens (tertiary/aromatic N) is 2. The summed E-state index contributed by atoms with van der Waals surface area (Å²) in [5, 5.41) is 14.8. The van der Waals surface area contributed by atoms with E-state index >= 15 is 0 Å². The van der Waals surface area contributed by atoms with Gasteiger partial charge in [0, 0.05) is 13.2 Å². The first kappa shape index (κ1) is 13.6. The van der Waals surface area contributed by atoms with Crippen LogP contribution in [0.25, 0.3) is 0 Å².